The first-order valence-electron chi connectivity index (χ1n) is 8.17. The first-order valence-corrected chi connectivity index (χ1v) is 8.17. The fourth-order valence-corrected chi connectivity index (χ4v) is 3.01. The summed E-state index contributed by atoms with van der Waals surface area (Å²) < 4.78 is 5.39. The number of rotatable bonds is 5. The minimum Gasteiger partial charge on any atom is -0.367 e. The molecule has 1 amide bonds. The van der Waals surface area contributed by atoms with E-state index in [2.05, 4.69) is 20.2 Å². The third-order valence-corrected chi connectivity index (χ3v) is 4.29. The van der Waals surface area contributed by atoms with Crippen LogP contribution < -0.4 is 10.2 Å². The largest absolute Gasteiger partial charge is 0.367 e. The lowest BCUT2D eigenvalue weighted by molar-refractivity contribution is -0.132. The number of hydrogen-bond acceptors (Lipinski definition) is 5. The number of benzene rings is 1. The lowest BCUT2D eigenvalue weighted by atomic mass is 10.0. The fraction of sp³-hybridized carbons (Fsp3) is 0.389. The van der Waals surface area contributed by atoms with Crippen LogP contribution in [0.1, 0.15) is 24.5 Å². The molecule has 1 aliphatic rings. The first kappa shape index (κ1) is 16.4. The second-order valence-corrected chi connectivity index (χ2v) is 5.86. The number of nitrogens with zero attached hydrogens (tertiary/aromatic N) is 3. The standard InChI is InChI=1S/C18H22N4O2/c1-24-17(14-5-3-2-4-6-14)18(23)21-15-7-11-22(12-8-15)16-13-19-9-10-20-16/h2-6,9-10,13,15,17H,7-8,11-12H2,1H3,(H,21,23)/t17-/m1/s1. The summed E-state index contributed by atoms with van der Waals surface area (Å²) in [4.78, 5) is 23.1. The van der Waals surface area contributed by atoms with Crippen LogP contribution in [0.5, 0.6) is 0 Å². The van der Waals surface area contributed by atoms with Crippen LogP contribution in [-0.4, -0.2) is 42.1 Å². The van der Waals surface area contributed by atoms with Crippen molar-refractivity contribution in [1.29, 1.82) is 0 Å². The Balaban J connectivity index is 1.55. The van der Waals surface area contributed by atoms with Gasteiger partial charge in [0.15, 0.2) is 6.10 Å². The Morgan fingerprint density at radius 3 is 2.62 bits per heavy atom. The molecule has 1 aliphatic heterocycles. The molecule has 126 valence electrons. The number of carbonyl (C=O) groups excluding carboxylic acids is 1. The van der Waals surface area contributed by atoms with E-state index in [-0.39, 0.29) is 11.9 Å². The van der Waals surface area contributed by atoms with E-state index in [0.717, 1.165) is 37.3 Å². The van der Waals surface area contributed by atoms with Gasteiger partial charge in [-0.05, 0) is 18.4 Å². The fourth-order valence-electron chi connectivity index (χ4n) is 3.01. The number of aromatic nitrogens is 2. The number of piperidine rings is 1. The predicted octanol–water partition coefficient (Wildman–Crippen LogP) is 1.95. The van der Waals surface area contributed by atoms with E-state index in [9.17, 15) is 4.79 Å². The number of carbonyl (C=O) groups is 1. The summed E-state index contributed by atoms with van der Waals surface area (Å²) in [6.07, 6.45) is 6.34. The lowest BCUT2D eigenvalue weighted by Crippen LogP contribution is -2.46. The highest BCUT2D eigenvalue weighted by Gasteiger charge is 2.26. The maximum atomic E-state index is 12.5. The van der Waals surface area contributed by atoms with Gasteiger partial charge in [-0.2, -0.15) is 0 Å². The van der Waals surface area contributed by atoms with Crippen LogP contribution in [0.3, 0.4) is 0 Å². The molecule has 6 nitrogen and oxygen atoms in total. The summed E-state index contributed by atoms with van der Waals surface area (Å²) >= 11 is 0. The van der Waals surface area contributed by atoms with E-state index in [1.807, 2.05) is 30.3 Å². The van der Waals surface area contributed by atoms with Crippen LogP contribution in [0.15, 0.2) is 48.9 Å². The third-order valence-electron chi connectivity index (χ3n) is 4.29. The zero-order valence-corrected chi connectivity index (χ0v) is 13.8. The van der Waals surface area contributed by atoms with Crippen LogP contribution in [0.25, 0.3) is 0 Å². The molecule has 2 aromatic rings. The minimum absolute atomic E-state index is 0.0818. The van der Waals surface area contributed by atoms with E-state index in [1.54, 1.807) is 25.7 Å². The molecule has 1 aromatic heterocycles. The van der Waals surface area contributed by atoms with E-state index >= 15 is 0 Å². The molecule has 6 heteroatoms. The average molecular weight is 326 g/mol. The van der Waals surface area contributed by atoms with Gasteiger partial charge in [0, 0.05) is 38.6 Å². The van der Waals surface area contributed by atoms with Gasteiger partial charge < -0.3 is 15.0 Å². The molecule has 1 N–H and O–H groups in total. The predicted molar refractivity (Wildman–Crippen MR) is 91.6 cm³/mol. The Morgan fingerprint density at radius 1 is 1.25 bits per heavy atom. The molecular formula is C18H22N4O2. The Bertz CT molecular complexity index is 643. The number of amides is 1. The Morgan fingerprint density at radius 2 is 2.00 bits per heavy atom. The summed E-state index contributed by atoms with van der Waals surface area (Å²) in [5.74, 6) is 0.808. The second kappa shape index (κ2) is 7.88. The highest BCUT2D eigenvalue weighted by atomic mass is 16.5. The molecule has 0 radical (unpaired) electrons. The van der Waals surface area contributed by atoms with Gasteiger partial charge >= 0.3 is 0 Å². The van der Waals surface area contributed by atoms with Crippen molar-refractivity contribution in [2.24, 2.45) is 0 Å². The Labute approximate surface area is 141 Å². The van der Waals surface area contributed by atoms with E-state index < -0.39 is 6.10 Å². The number of ether oxygens (including phenoxy) is 1. The third kappa shape index (κ3) is 3.89. The molecule has 1 fully saturated rings. The number of hydrogen-bond donors (Lipinski definition) is 1. The molecule has 0 spiro atoms. The van der Waals surface area contributed by atoms with Gasteiger partial charge in [-0.15, -0.1) is 0 Å². The summed E-state index contributed by atoms with van der Waals surface area (Å²) in [5, 5.41) is 3.11. The number of anilines is 1. The van der Waals surface area contributed by atoms with E-state index in [1.165, 1.54) is 0 Å². The van der Waals surface area contributed by atoms with Gasteiger partial charge in [0.05, 0.1) is 6.20 Å². The van der Waals surface area contributed by atoms with E-state index in [4.69, 9.17) is 4.74 Å². The quantitative estimate of drug-likeness (QED) is 0.909. The molecule has 3 rings (SSSR count). The van der Waals surface area contributed by atoms with Gasteiger partial charge in [-0.1, -0.05) is 30.3 Å². The molecule has 1 atom stereocenters. The summed E-state index contributed by atoms with van der Waals surface area (Å²) in [6, 6.07) is 9.72. The van der Waals surface area contributed by atoms with Crippen molar-refractivity contribution in [3.05, 3.63) is 54.5 Å². The van der Waals surface area contributed by atoms with Crippen molar-refractivity contribution >= 4 is 11.7 Å². The summed E-state index contributed by atoms with van der Waals surface area (Å²) in [6.45, 7) is 1.71. The molecule has 1 aromatic carbocycles. The van der Waals surface area contributed by atoms with Crippen molar-refractivity contribution in [1.82, 2.24) is 15.3 Å². The maximum absolute atomic E-state index is 12.5. The van der Waals surface area contributed by atoms with Crippen LogP contribution in [-0.2, 0) is 9.53 Å². The van der Waals surface area contributed by atoms with Gasteiger partial charge in [0.25, 0.3) is 5.91 Å². The zero-order valence-electron chi connectivity index (χ0n) is 13.8. The van der Waals surface area contributed by atoms with Crippen molar-refractivity contribution < 1.29 is 9.53 Å². The number of methoxy groups -OCH3 is 1. The molecule has 24 heavy (non-hydrogen) atoms. The van der Waals surface area contributed by atoms with Crippen molar-refractivity contribution in [3.63, 3.8) is 0 Å². The highest BCUT2D eigenvalue weighted by molar-refractivity contribution is 5.82. The lowest BCUT2D eigenvalue weighted by Gasteiger charge is -2.33. The second-order valence-electron chi connectivity index (χ2n) is 5.86. The van der Waals surface area contributed by atoms with Gasteiger partial charge in [-0.25, -0.2) is 4.98 Å². The molecule has 1 saturated heterocycles. The normalized spacial score (nSPS) is 16.6. The summed E-state index contributed by atoms with van der Waals surface area (Å²) in [7, 11) is 1.56. The van der Waals surface area contributed by atoms with Crippen LogP contribution in [0.2, 0.25) is 0 Å². The maximum Gasteiger partial charge on any atom is 0.253 e. The summed E-state index contributed by atoms with van der Waals surface area (Å²) in [5.41, 5.74) is 0.870. The monoisotopic (exact) mass is 326 g/mol. The molecule has 0 saturated carbocycles. The molecule has 0 aliphatic carbocycles. The molecule has 0 bridgehead atoms. The van der Waals surface area contributed by atoms with Crippen LogP contribution in [0.4, 0.5) is 5.82 Å². The minimum atomic E-state index is -0.566. The number of nitrogens with one attached hydrogen (secondary N) is 1. The van der Waals surface area contributed by atoms with Gasteiger partial charge in [0.1, 0.15) is 5.82 Å². The highest BCUT2D eigenvalue weighted by Crippen LogP contribution is 2.20. The van der Waals surface area contributed by atoms with Crippen molar-refractivity contribution in [2.75, 3.05) is 25.1 Å². The molecule has 2 heterocycles. The Kier molecular flexibility index (Phi) is 5.38. The van der Waals surface area contributed by atoms with Crippen LogP contribution >= 0.6 is 0 Å². The molecular weight excluding hydrogens is 304 g/mol. The first-order chi connectivity index (χ1) is 11.8. The average Bonchev–Trinajstić information content (AvgIpc) is 2.64. The topological polar surface area (TPSA) is 67.3 Å². The van der Waals surface area contributed by atoms with Crippen molar-refractivity contribution in [2.45, 2.75) is 25.0 Å². The van der Waals surface area contributed by atoms with Crippen LogP contribution in [0, 0.1) is 0 Å². The zero-order chi connectivity index (χ0) is 16.8. The van der Waals surface area contributed by atoms with Gasteiger partial charge in [0.2, 0.25) is 0 Å². The van der Waals surface area contributed by atoms with Gasteiger partial charge in [-0.3, -0.25) is 9.78 Å². The SMILES string of the molecule is CO[C@@H](C(=O)NC1CCN(c2cnccn2)CC1)c1ccccc1. The smallest absolute Gasteiger partial charge is 0.253 e. The van der Waals surface area contributed by atoms with E-state index in [0.29, 0.717) is 0 Å². The Hall–Kier alpha value is -2.47. The van der Waals surface area contributed by atoms with Crippen molar-refractivity contribution in [3.8, 4) is 0 Å². The molecule has 0 unspecified atom stereocenters.